The van der Waals surface area contributed by atoms with Crippen molar-refractivity contribution in [3.63, 3.8) is 0 Å². The topological polar surface area (TPSA) is 71.3 Å². The maximum Gasteiger partial charge on any atom is 0.257 e. The SMILES string of the molecule is CCn1nc(C)c(CCN=C(NC(=O)c2cc(C)cc(C)c2)Nc2ccc(Cl)cc2C)c1C. The molecule has 1 heterocycles. The van der Waals surface area contributed by atoms with Gasteiger partial charge in [-0.05, 0) is 89.4 Å². The molecular formula is C26H32ClN5O. The number of halogens is 1. The van der Waals surface area contributed by atoms with Gasteiger partial charge in [-0.25, -0.2) is 0 Å². The molecule has 2 aromatic carbocycles. The molecule has 0 aliphatic heterocycles. The Labute approximate surface area is 201 Å². The molecule has 0 saturated heterocycles. The quantitative estimate of drug-likeness (QED) is 0.371. The maximum absolute atomic E-state index is 13.0. The molecule has 0 radical (unpaired) electrons. The zero-order chi connectivity index (χ0) is 24.1. The summed E-state index contributed by atoms with van der Waals surface area (Å²) >= 11 is 6.11. The van der Waals surface area contributed by atoms with Crippen molar-refractivity contribution in [1.82, 2.24) is 15.1 Å². The van der Waals surface area contributed by atoms with E-state index in [1.165, 1.54) is 5.56 Å². The fourth-order valence-corrected chi connectivity index (χ4v) is 4.20. The Morgan fingerprint density at radius 1 is 1.06 bits per heavy atom. The van der Waals surface area contributed by atoms with E-state index in [0.717, 1.165) is 46.7 Å². The van der Waals surface area contributed by atoms with Gasteiger partial charge in [0.05, 0.1) is 5.69 Å². The third-order valence-electron chi connectivity index (χ3n) is 5.62. The Kier molecular flexibility index (Phi) is 7.92. The normalized spacial score (nSPS) is 11.5. The molecule has 0 atom stereocenters. The predicted molar refractivity (Wildman–Crippen MR) is 137 cm³/mol. The van der Waals surface area contributed by atoms with Gasteiger partial charge in [0.15, 0.2) is 0 Å². The summed E-state index contributed by atoms with van der Waals surface area (Å²) in [6.45, 7) is 13.5. The van der Waals surface area contributed by atoms with Gasteiger partial charge in [-0.3, -0.25) is 19.8 Å². The van der Waals surface area contributed by atoms with Crippen LogP contribution in [0.15, 0.2) is 41.4 Å². The van der Waals surface area contributed by atoms with Crippen LogP contribution < -0.4 is 10.6 Å². The average molecular weight is 466 g/mol. The first kappa shape index (κ1) is 24.5. The largest absolute Gasteiger partial charge is 0.326 e. The smallest absolute Gasteiger partial charge is 0.257 e. The number of benzene rings is 2. The van der Waals surface area contributed by atoms with Gasteiger partial charge in [0.2, 0.25) is 5.96 Å². The summed E-state index contributed by atoms with van der Waals surface area (Å²) in [4.78, 5) is 17.7. The molecule has 1 amide bonds. The summed E-state index contributed by atoms with van der Waals surface area (Å²) in [7, 11) is 0. The van der Waals surface area contributed by atoms with Crippen molar-refractivity contribution in [2.75, 3.05) is 11.9 Å². The standard InChI is InChI=1S/C26H32ClN5O/c1-7-32-20(6)23(19(5)31-32)10-11-28-26(29-24-9-8-22(27)15-18(24)4)30-25(33)21-13-16(2)12-17(3)14-21/h8-9,12-15H,7,10-11H2,1-6H3,(H2,28,29,30,33). The molecule has 2 N–H and O–H groups in total. The van der Waals surface area contributed by atoms with E-state index < -0.39 is 0 Å². The molecule has 33 heavy (non-hydrogen) atoms. The summed E-state index contributed by atoms with van der Waals surface area (Å²) in [5, 5.41) is 11.5. The summed E-state index contributed by atoms with van der Waals surface area (Å²) in [6.07, 6.45) is 0.738. The molecule has 0 aliphatic rings. The van der Waals surface area contributed by atoms with Crippen molar-refractivity contribution >= 4 is 29.2 Å². The van der Waals surface area contributed by atoms with Gasteiger partial charge in [-0.15, -0.1) is 0 Å². The molecule has 6 nitrogen and oxygen atoms in total. The summed E-state index contributed by atoms with van der Waals surface area (Å²) in [5.41, 5.74) is 7.86. The Hall–Kier alpha value is -3.12. The number of nitrogens with one attached hydrogen (secondary N) is 2. The molecule has 0 saturated carbocycles. The molecule has 3 rings (SSSR count). The van der Waals surface area contributed by atoms with Crippen molar-refractivity contribution in [2.45, 2.75) is 54.5 Å². The monoisotopic (exact) mass is 465 g/mol. The van der Waals surface area contributed by atoms with Gasteiger partial charge in [0.25, 0.3) is 5.91 Å². The van der Waals surface area contributed by atoms with Gasteiger partial charge in [-0.1, -0.05) is 28.8 Å². The van der Waals surface area contributed by atoms with Gasteiger partial charge in [-0.2, -0.15) is 5.10 Å². The van der Waals surface area contributed by atoms with Gasteiger partial charge in [0.1, 0.15) is 0 Å². The summed E-state index contributed by atoms with van der Waals surface area (Å²) in [5.74, 6) is 0.202. The minimum Gasteiger partial charge on any atom is -0.326 e. The summed E-state index contributed by atoms with van der Waals surface area (Å²) in [6, 6.07) is 11.4. The second-order valence-corrected chi connectivity index (χ2v) is 8.80. The van der Waals surface area contributed by atoms with Gasteiger partial charge < -0.3 is 5.32 Å². The number of carbonyl (C=O) groups excluding carboxylic acids is 1. The first-order valence-corrected chi connectivity index (χ1v) is 11.6. The highest BCUT2D eigenvalue weighted by molar-refractivity contribution is 6.30. The Bertz CT molecular complexity index is 1180. The highest BCUT2D eigenvalue weighted by Crippen LogP contribution is 2.20. The van der Waals surface area contributed by atoms with E-state index in [1.54, 1.807) is 0 Å². The summed E-state index contributed by atoms with van der Waals surface area (Å²) < 4.78 is 2.01. The highest BCUT2D eigenvalue weighted by Gasteiger charge is 2.13. The number of nitrogens with zero attached hydrogens (tertiary/aromatic N) is 3. The van der Waals surface area contributed by atoms with E-state index in [4.69, 9.17) is 16.6 Å². The van der Waals surface area contributed by atoms with Crippen LogP contribution in [0, 0.1) is 34.6 Å². The number of rotatable bonds is 6. The van der Waals surface area contributed by atoms with E-state index >= 15 is 0 Å². The first-order valence-electron chi connectivity index (χ1n) is 11.2. The van der Waals surface area contributed by atoms with Crippen LogP contribution in [0.5, 0.6) is 0 Å². The fraction of sp³-hybridized carbons (Fsp3) is 0.346. The lowest BCUT2D eigenvalue weighted by atomic mass is 10.1. The third kappa shape index (κ3) is 6.23. The molecule has 3 aromatic rings. The minimum absolute atomic E-state index is 0.203. The van der Waals surface area contributed by atoms with Crippen LogP contribution in [-0.4, -0.2) is 28.2 Å². The van der Waals surface area contributed by atoms with Crippen LogP contribution in [0.1, 0.15) is 50.9 Å². The molecule has 0 fully saturated rings. The lowest BCUT2D eigenvalue weighted by molar-refractivity contribution is 0.0976. The first-order chi connectivity index (χ1) is 15.7. The molecular weight excluding hydrogens is 434 g/mol. The van der Waals surface area contributed by atoms with E-state index in [1.807, 2.05) is 68.8 Å². The highest BCUT2D eigenvalue weighted by atomic mass is 35.5. The van der Waals surface area contributed by atoms with Crippen LogP contribution in [0.4, 0.5) is 5.69 Å². The van der Waals surface area contributed by atoms with Crippen molar-refractivity contribution in [2.24, 2.45) is 4.99 Å². The van der Waals surface area contributed by atoms with Crippen molar-refractivity contribution < 1.29 is 4.79 Å². The molecule has 1 aromatic heterocycles. The molecule has 174 valence electrons. The van der Waals surface area contributed by atoms with Crippen molar-refractivity contribution in [3.05, 3.63) is 80.6 Å². The zero-order valence-electron chi connectivity index (χ0n) is 20.2. The Balaban J connectivity index is 1.84. The molecule has 0 spiro atoms. The van der Waals surface area contributed by atoms with E-state index in [-0.39, 0.29) is 5.91 Å². The van der Waals surface area contributed by atoms with Crippen LogP contribution in [0.3, 0.4) is 0 Å². The number of aliphatic imine (C=N–C) groups is 1. The third-order valence-corrected chi connectivity index (χ3v) is 5.86. The lowest BCUT2D eigenvalue weighted by Crippen LogP contribution is -2.36. The molecule has 0 unspecified atom stereocenters. The van der Waals surface area contributed by atoms with Gasteiger partial charge in [0, 0.05) is 35.1 Å². The number of amides is 1. The van der Waals surface area contributed by atoms with E-state index in [9.17, 15) is 4.79 Å². The average Bonchev–Trinajstić information content (AvgIpc) is 3.02. The van der Waals surface area contributed by atoms with Crippen LogP contribution >= 0.6 is 11.6 Å². The van der Waals surface area contributed by atoms with E-state index in [0.29, 0.717) is 23.1 Å². The van der Waals surface area contributed by atoms with Gasteiger partial charge >= 0.3 is 0 Å². The minimum atomic E-state index is -0.203. The number of hydrogen-bond acceptors (Lipinski definition) is 3. The van der Waals surface area contributed by atoms with Crippen molar-refractivity contribution in [3.8, 4) is 0 Å². The van der Waals surface area contributed by atoms with Crippen LogP contribution in [0.2, 0.25) is 5.02 Å². The number of aryl methyl sites for hydroxylation is 5. The maximum atomic E-state index is 13.0. The zero-order valence-corrected chi connectivity index (χ0v) is 21.0. The number of hydrogen-bond donors (Lipinski definition) is 2. The predicted octanol–water partition coefficient (Wildman–Crippen LogP) is 5.54. The number of anilines is 1. The Morgan fingerprint density at radius 3 is 2.36 bits per heavy atom. The second kappa shape index (κ2) is 10.7. The molecule has 0 aliphatic carbocycles. The van der Waals surface area contributed by atoms with Crippen LogP contribution in [-0.2, 0) is 13.0 Å². The molecule has 0 bridgehead atoms. The Morgan fingerprint density at radius 2 is 1.76 bits per heavy atom. The van der Waals surface area contributed by atoms with Crippen molar-refractivity contribution in [1.29, 1.82) is 0 Å². The van der Waals surface area contributed by atoms with E-state index in [2.05, 4.69) is 29.6 Å². The number of guanidine groups is 1. The molecule has 7 heteroatoms. The van der Waals surface area contributed by atoms with Crippen LogP contribution in [0.25, 0.3) is 0 Å². The number of aromatic nitrogens is 2. The second-order valence-electron chi connectivity index (χ2n) is 8.36. The lowest BCUT2D eigenvalue weighted by Gasteiger charge is -2.14. The number of carbonyl (C=O) groups is 1. The fourth-order valence-electron chi connectivity index (χ4n) is 3.97.